The van der Waals surface area contributed by atoms with Crippen LogP contribution in [0.3, 0.4) is 0 Å². The number of rotatable bonds is 68. The average molecular weight is 1320 g/mol. The van der Waals surface area contributed by atoms with Crippen LogP contribution in [0.4, 0.5) is 0 Å². The number of unbranched alkanes of at least 4 members (excludes halogenated alkanes) is 35. The van der Waals surface area contributed by atoms with Crippen molar-refractivity contribution in [2.75, 3.05) is 39.6 Å². The first-order chi connectivity index (χ1) is 43.4. The minimum Gasteiger partial charge on any atom is -0.462 e. The smallest absolute Gasteiger partial charge is 0.462 e. The van der Waals surface area contributed by atoms with Gasteiger partial charge in [0.2, 0.25) is 0 Å². The van der Waals surface area contributed by atoms with E-state index < -0.39 is 97.5 Å². The van der Waals surface area contributed by atoms with Crippen molar-refractivity contribution in [1.82, 2.24) is 0 Å². The Balaban J connectivity index is 5.28. The van der Waals surface area contributed by atoms with Gasteiger partial charge >= 0.3 is 39.5 Å². The Morgan fingerprint density at radius 2 is 0.600 bits per heavy atom. The number of hydrogen-bond donors (Lipinski definition) is 3. The van der Waals surface area contributed by atoms with Crippen molar-refractivity contribution in [3.05, 3.63) is 24.3 Å². The predicted octanol–water partition coefficient (Wildman–Crippen LogP) is 19.9. The third-order valence-corrected chi connectivity index (χ3v) is 17.7. The Hall–Kier alpha value is -2.46. The summed E-state index contributed by atoms with van der Waals surface area (Å²) in [5.41, 5.74) is 0. The highest BCUT2D eigenvalue weighted by Gasteiger charge is 2.30. The zero-order valence-electron chi connectivity index (χ0n) is 57.9. The van der Waals surface area contributed by atoms with Gasteiger partial charge < -0.3 is 33.8 Å². The third kappa shape index (κ3) is 64.3. The van der Waals surface area contributed by atoms with Crippen molar-refractivity contribution in [1.29, 1.82) is 0 Å². The molecule has 0 saturated heterocycles. The lowest BCUT2D eigenvalue weighted by Gasteiger charge is -2.21. The SMILES string of the molecule is CCCCCC/C=C\C=C/CCCCCCCC(=O)O[C@H](COC(=O)CCCCCCCCCCCCCCC(C)C)COP(=O)(O)OC[C@@H](O)COP(=O)(O)OC[C@@H](COC(=O)CCCCCCCCCCCC)OC(=O)CCCCCCCCCC(C)C. The molecule has 0 aliphatic rings. The maximum Gasteiger partial charge on any atom is 0.472 e. The lowest BCUT2D eigenvalue weighted by Crippen LogP contribution is -2.30. The number of phosphoric ester groups is 2. The second-order valence-electron chi connectivity index (χ2n) is 25.9. The molecule has 0 fully saturated rings. The second kappa shape index (κ2) is 62.6. The number of esters is 4. The van der Waals surface area contributed by atoms with E-state index in [0.717, 1.165) is 109 Å². The summed E-state index contributed by atoms with van der Waals surface area (Å²) in [6.45, 7) is 9.42. The van der Waals surface area contributed by atoms with E-state index in [1.54, 1.807) is 0 Å². The van der Waals surface area contributed by atoms with Crippen LogP contribution in [0.25, 0.3) is 0 Å². The van der Waals surface area contributed by atoms with Crippen molar-refractivity contribution in [2.24, 2.45) is 11.8 Å². The van der Waals surface area contributed by atoms with Crippen molar-refractivity contribution in [2.45, 2.75) is 355 Å². The first-order valence-corrected chi connectivity index (χ1v) is 39.3. The maximum absolute atomic E-state index is 13.0. The van der Waals surface area contributed by atoms with Crippen LogP contribution in [0.5, 0.6) is 0 Å². The van der Waals surface area contributed by atoms with Crippen LogP contribution < -0.4 is 0 Å². The molecular formula is C71H134O17P2. The molecule has 17 nitrogen and oxygen atoms in total. The largest absolute Gasteiger partial charge is 0.472 e. The zero-order chi connectivity index (χ0) is 66.5. The average Bonchev–Trinajstić information content (AvgIpc) is 3.66. The Bertz CT molecular complexity index is 1850. The molecule has 0 aromatic rings. The second-order valence-corrected chi connectivity index (χ2v) is 28.8. The maximum atomic E-state index is 13.0. The predicted molar refractivity (Wildman–Crippen MR) is 363 cm³/mol. The molecule has 2 unspecified atom stereocenters. The van der Waals surface area contributed by atoms with E-state index in [2.05, 4.69) is 65.8 Å². The third-order valence-electron chi connectivity index (χ3n) is 15.8. The van der Waals surface area contributed by atoms with Gasteiger partial charge in [-0.2, -0.15) is 0 Å². The van der Waals surface area contributed by atoms with Crippen LogP contribution in [0.1, 0.15) is 337 Å². The highest BCUT2D eigenvalue weighted by Crippen LogP contribution is 2.45. The monoisotopic (exact) mass is 1320 g/mol. The van der Waals surface area contributed by atoms with Crippen molar-refractivity contribution < 1.29 is 80.2 Å². The zero-order valence-corrected chi connectivity index (χ0v) is 59.7. The minimum atomic E-state index is -4.96. The number of allylic oxidation sites excluding steroid dienone is 4. The Kier molecular flexibility index (Phi) is 60.9. The Morgan fingerprint density at radius 3 is 0.911 bits per heavy atom. The molecule has 0 amide bonds. The van der Waals surface area contributed by atoms with Crippen LogP contribution in [-0.2, 0) is 65.4 Å². The number of aliphatic hydroxyl groups is 1. The van der Waals surface area contributed by atoms with Crippen LogP contribution in [-0.4, -0.2) is 96.7 Å². The quantitative estimate of drug-likeness (QED) is 0.0169. The van der Waals surface area contributed by atoms with E-state index in [9.17, 15) is 43.2 Å². The van der Waals surface area contributed by atoms with Crippen LogP contribution in [0, 0.1) is 11.8 Å². The molecule has 0 radical (unpaired) electrons. The van der Waals surface area contributed by atoms with Gasteiger partial charge in [0.15, 0.2) is 12.2 Å². The summed E-state index contributed by atoms with van der Waals surface area (Å²) in [6, 6.07) is 0. The summed E-state index contributed by atoms with van der Waals surface area (Å²) in [4.78, 5) is 72.5. The lowest BCUT2D eigenvalue weighted by atomic mass is 10.0. The number of carbonyl (C=O) groups excluding carboxylic acids is 4. The first-order valence-electron chi connectivity index (χ1n) is 36.3. The van der Waals surface area contributed by atoms with E-state index in [1.807, 2.05) is 0 Å². The molecule has 5 atom stereocenters. The van der Waals surface area contributed by atoms with Crippen molar-refractivity contribution in [3.8, 4) is 0 Å². The van der Waals surface area contributed by atoms with Gasteiger partial charge in [-0.05, 0) is 63.2 Å². The Labute approximate surface area is 548 Å². The molecule has 19 heteroatoms. The number of phosphoric acid groups is 2. The summed E-state index contributed by atoms with van der Waals surface area (Å²) < 4.78 is 68.2. The lowest BCUT2D eigenvalue weighted by molar-refractivity contribution is -0.161. The minimum absolute atomic E-state index is 0.0848. The fraction of sp³-hybridized carbons (Fsp3) is 0.887. The number of ether oxygens (including phenoxy) is 4. The van der Waals surface area contributed by atoms with Gasteiger partial charge in [-0.1, -0.05) is 284 Å². The number of hydrogen-bond acceptors (Lipinski definition) is 15. The molecule has 0 spiro atoms. The van der Waals surface area contributed by atoms with Gasteiger partial charge in [-0.15, -0.1) is 0 Å². The molecule has 0 aromatic heterocycles. The van der Waals surface area contributed by atoms with Crippen molar-refractivity contribution >= 4 is 39.5 Å². The van der Waals surface area contributed by atoms with Gasteiger partial charge in [0.25, 0.3) is 0 Å². The van der Waals surface area contributed by atoms with Gasteiger partial charge in [0.1, 0.15) is 19.3 Å². The van der Waals surface area contributed by atoms with Crippen LogP contribution >= 0.6 is 15.6 Å². The van der Waals surface area contributed by atoms with E-state index in [0.29, 0.717) is 31.6 Å². The fourth-order valence-corrected chi connectivity index (χ4v) is 11.8. The molecular weight excluding hydrogens is 1190 g/mol. The first kappa shape index (κ1) is 87.5. The summed E-state index contributed by atoms with van der Waals surface area (Å²) >= 11 is 0. The Morgan fingerprint density at radius 1 is 0.344 bits per heavy atom. The molecule has 0 aromatic carbocycles. The van der Waals surface area contributed by atoms with E-state index in [4.69, 9.17) is 37.0 Å². The summed E-state index contributed by atoms with van der Waals surface area (Å²) in [6.07, 6.45) is 50.8. The molecule has 0 aliphatic heterocycles. The van der Waals surface area contributed by atoms with E-state index in [1.165, 1.54) is 141 Å². The highest BCUT2D eigenvalue weighted by molar-refractivity contribution is 7.47. The molecule has 0 saturated carbocycles. The van der Waals surface area contributed by atoms with Gasteiger partial charge in [-0.3, -0.25) is 37.3 Å². The van der Waals surface area contributed by atoms with E-state index in [-0.39, 0.29) is 25.7 Å². The highest BCUT2D eigenvalue weighted by atomic mass is 31.2. The summed E-state index contributed by atoms with van der Waals surface area (Å²) in [5.74, 6) is -0.682. The normalized spacial score (nSPS) is 14.3. The standard InChI is InChI=1S/C71H134O17P2/c1-7-9-11-13-15-17-19-20-21-22-27-31-37-43-49-55-70(75)87-66(59-82-69(74)54-48-42-36-30-26-24-23-25-28-33-39-45-51-63(3)4)61-85-89(77,78)83-57-65(72)58-84-90(79,80)86-62-67(88-71(76)56-50-44-38-32-34-40-46-52-64(5)6)60-81-68(73)53-47-41-35-29-18-16-14-12-10-8-2/h17,19-21,63-67,72H,7-16,18,22-62H2,1-6H3,(H,77,78)(H,79,80)/b19-17-,21-20-/t65-,66-,67-/m1/s1. The number of carbonyl (C=O) groups is 4. The molecule has 3 N–H and O–H groups in total. The summed E-state index contributed by atoms with van der Waals surface area (Å²) in [7, 11) is -9.91. The van der Waals surface area contributed by atoms with E-state index >= 15 is 0 Å². The summed E-state index contributed by atoms with van der Waals surface area (Å²) in [5, 5.41) is 10.6. The van der Waals surface area contributed by atoms with Crippen molar-refractivity contribution in [3.63, 3.8) is 0 Å². The fourth-order valence-electron chi connectivity index (χ4n) is 10.2. The molecule has 0 aliphatic carbocycles. The topological polar surface area (TPSA) is 237 Å². The molecule has 0 bridgehead atoms. The molecule has 0 rings (SSSR count). The van der Waals surface area contributed by atoms with Gasteiger partial charge in [0, 0.05) is 25.7 Å². The molecule has 90 heavy (non-hydrogen) atoms. The van der Waals surface area contributed by atoms with Gasteiger partial charge in [0.05, 0.1) is 26.4 Å². The molecule has 0 heterocycles. The molecule has 530 valence electrons. The van der Waals surface area contributed by atoms with Crippen LogP contribution in [0.15, 0.2) is 24.3 Å². The van der Waals surface area contributed by atoms with Gasteiger partial charge in [-0.25, -0.2) is 9.13 Å². The number of aliphatic hydroxyl groups excluding tert-OH is 1. The van der Waals surface area contributed by atoms with Crippen LogP contribution in [0.2, 0.25) is 0 Å².